The molecule has 1 aliphatic rings. The second-order valence-corrected chi connectivity index (χ2v) is 9.14. The van der Waals surface area contributed by atoms with Gasteiger partial charge in [0.15, 0.2) is 5.43 Å². The van der Waals surface area contributed by atoms with Crippen molar-refractivity contribution in [2.24, 2.45) is 0 Å². The van der Waals surface area contributed by atoms with Crippen LogP contribution in [0.5, 0.6) is 5.75 Å². The molecule has 0 N–H and O–H groups in total. The van der Waals surface area contributed by atoms with Gasteiger partial charge in [-0.15, -0.1) is 0 Å². The SMILES string of the molecule is CCCCOC(=O)c1ccc(N2C(=O)c3oc4ccc(Cl)cc4c(=O)c3C2c2cccc(OC)c2)cc1. The van der Waals surface area contributed by atoms with Crippen molar-refractivity contribution in [2.45, 2.75) is 25.8 Å². The molecule has 2 heterocycles. The lowest BCUT2D eigenvalue weighted by Crippen LogP contribution is -2.29. The van der Waals surface area contributed by atoms with E-state index >= 15 is 0 Å². The van der Waals surface area contributed by atoms with E-state index in [1.54, 1.807) is 61.7 Å². The Morgan fingerprint density at radius 1 is 1.05 bits per heavy atom. The lowest BCUT2D eigenvalue weighted by atomic mass is 9.98. The average molecular weight is 518 g/mol. The molecule has 7 nitrogen and oxygen atoms in total. The van der Waals surface area contributed by atoms with E-state index < -0.39 is 17.9 Å². The minimum absolute atomic E-state index is 0.0318. The molecule has 0 spiro atoms. The number of ether oxygens (including phenoxy) is 2. The highest BCUT2D eigenvalue weighted by atomic mass is 35.5. The molecule has 0 saturated heterocycles. The molecule has 37 heavy (non-hydrogen) atoms. The molecular weight excluding hydrogens is 494 g/mol. The summed E-state index contributed by atoms with van der Waals surface area (Å²) < 4.78 is 16.7. The largest absolute Gasteiger partial charge is 0.497 e. The van der Waals surface area contributed by atoms with E-state index in [0.717, 1.165) is 12.8 Å². The number of hydrogen-bond donors (Lipinski definition) is 0. The summed E-state index contributed by atoms with van der Waals surface area (Å²) in [6.45, 7) is 2.36. The Morgan fingerprint density at radius 3 is 2.57 bits per heavy atom. The first-order valence-corrected chi connectivity index (χ1v) is 12.3. The molecule has 0 radical (unpaired) electrons. The molecule has 8 heteroatoms. The lowest BCUT2D eigenvalue weighted by molar-refractivity contribution is 0.0499. The zero-order valence-electron chi connectivity index (χ0n) is 20.3. The van der Waals surface area contributed by atoms with E-state index in [9.17, 15) is 14.4 Å². The van der Waals surface area contributed by atoms with E-state index in [2.05, 4.69) is 0 Å². The normalized spacial score (nSPS) is 14.6. The first kappa shape index (κ1) is 24.6. The highest BCUT2D eigenvalue weighted by Crippen LogP contribution is 2.42. The van der Waals surface area contributed by atoms with Crippen LogP contribution in [0.1, 0.15) is 57.8 Å². The summed E-state index contributed by atoms with van der Waals surface area (Å²) in [5.41, 5.74) is 1.70. The van der Waals surface area contributed by atoms with E-state index in [4.69, 9.17) is 25.5 Å². The van der Waals surface area contributed by atoms with Gasteiger partial charge in [0.1, 0.15) is 11.3 Å². The molecule has 1 amide bonds. The van der Waals surface area contributed by atoms with Crippen LogP contribution in [0, 0.1) is 0 Å². The molecule has 1 aliphatic heterocycles. The van der Waals surface area contributed by atoms with Gasteiger partial charge in [-0.05, 0) is 66.6 Å². The molecule has 1 aromatic heterocycles. The number of anilines is 1. The third kappa shape index (κ3) is 4.47. The van der Waals surface area contributed by atoms with Crippen LogP contribution in [-0.2, 0) is 4.74 Å². The van der Waals surface area contributed by atoms with Crippen molar-refractivity contribution in [2.75, 3.05) is 18.6 Å². The van der Waals surface area contributed by atoms with Crippen molar-refractivity contribution >= 4 is 40.1 Å². The van der Waals surface area contributed by atoms with Crippen molar-refractivity contribution in [3.05, 3.63) is 104 Å². The first-order valence-electron chi connectivity index (χ1n) is 11.9. The predicted molar refractivity (Wildman–Crippen MR) is 141 cm³/mol. The molecule has 0 fully saturated rings. The Morgan fingerprint density at radius 2 is 1.84 bits per heavy atom. The molecule has 3 aromatic carbocycles. The van der Waals surface area contributed by atoms with Crippen molar-refractivity contribution in [3.63, 3.8) is 0 Å². The summed E-state index contributed by atoms with van der Waals surface area (Å²) in [6, 6.07) is 17.7. The number of carbonyl (C=O) groups excluding carboxylic acids is 2. The van der Waals surface area contributed by atoms with Crippen LogP contribution >= 0.6 is 11.6 Å². The summed E-state index contributed by atoms with van der Waals surface area (Å²) in [5, 5.41) is 0.680. The maximum absolute atomic E-state index is 13.7. The summed E-state index contributed by atoms with van der Waals surface area (Å²) in [4.78, 5) is 41.3. The smallest absolute Gasteiger partial charge is 0.338 e. The number of esters is 1. The van der Waals surface area contributed by atoms with Crippen LogP contribution in [0.25, 0.3) is 11.0 Å². The van der Waals surface area contributed by atoms with Crippen molar-refractivity contribution in [3.8, 4) is 5.75 Å². The number of methoxy groups -OCH3 is 1. The summed E-state index contributed by atoms with van der Waals surface area (Å²) in [7, 11) is 1.55. The molecule has 188 valence electrons. The summed E-state index contributed by atoms with van der Waals surface area (Å²) in [6.07, 6.45) is 1.71. The van der Waals surface area contributed by atoms with Gasteiger partial charge in [0, 0.05) is 10.7 Å². The van der Waals surface area contributed by atoms with Crippen molar-refractivity contribution in [1.29, 1.82) is 0 Å². The maximum atomic E-state index is 13.7. The van der Waals surface area contributed by atoms with E-state index in [0.29, 0.717) is 39.6 Å². The maximum Gasteiger partial charge on any atom is 0.338 e. The van der Waals surface area contributed by atoms with Gasteiger partial charge < -0.3 is 13.9 Å². The van der Waals surface area contributed by atoms with Gasteiger partial charge >= 0.3 is 5.97 Å². The van der Waals surface area contributed by atoms with Gasteiger partial charge in [-0.25, -0.2) is 4.79 Å². The van der Waals surface area contributed by atoms with Crippen LogP contribution < -0.4 is 15.1 Å². The Labute approximate surface area is 218 Å². The fourth-order valence-corrected chi connectivity index (χ4v) is 4.66. The minimum atomic E-state index is -0.778. The average Bonchev–Trinajstić information content (AvgIpc) is 3.21. The molecule has 1 unspecified atom stereocenters. The van der Waals surface area contributed by atoms with Gasteiger partial charge in [0.05, 0.1) is 36.3 Å². The molecule has 0 bridgehead atoms. The molecule has 0 saturated carbocycles. The third-order valence-corrected chi connectivity index (χ3v) is 6.59. The Bertz CT molecular complexity index is 1560. The molecular formula is C29H24ClNO6. The van der Waals surface area contributed by atoms with Gasteiger partial charge in [0.25, 0.3) is 5.91 Å². The van der Waals surface area contributed by atoms with E-state index in [-0.39, 0.29) is 22.3 Å². The molecule has 1 atom stereocenters. The Balaban J connectivity index is 1.63. The molecule has 4 aromatic rings. The standard InChI is InChI=1S/C29H24ClNO6/c1-3-4-14-36-29(34)17-8-11-20(12-9-17)31-25(18-6-5-7-21(15-18)35-2)24-26(32)22-16-19(30)10-13-23(22)37-27(24)28(31)33/h5-13,15-16,25H,3-4,14H2,1-2H3. The topological polar surface area (TPSA) is 86.0 Å². The second-order valence-electron chi connectivity index (χ2n) is 8.71. The Kier molecular flexibility index (Phi) is 6.72. The van der Waals surface area contributed by atoms with Gasteiger partial charge in [-0.2, -0.15) is 0 Å². The lowest BCUT2D eigenvalue weighted by Gasteiger charge is -2.25. The van der Waals surface area contributed by atoms with E-state index in [1.165, 1.54) is 11.0 Å². The van der Waals surface area contributed by atoms with Crippen LogP contribution in [0.4, 0.5) is 5.69 Å². The highest BCUT2D eigenvalue weighted by molar-refractivity contribution is 6.31. The van der Waals surface area contributed by atoms with Crippen molar-refractivity contribution in [1.82, 2.24) is 0 Å². The van der Waals surface area contributed by atoms with Gasteiger partial charge in [0.2, 0.25) is 5.76 Å². The number of benzene rings is 3. The van der Waals surface area contributed by atoms with Crippen LogP contribution in [0.15, 0.2) is 75.9 Å². The van der Waals surface area contributed by atoms with E-state index in [1.807, 2.05) is 13.0 Å². The summed E-state index contributed by atoms with van der Waals surface area (Å²) >= 11 is 6.16. The third-order valence-electron chi connectivity index (χ3n) is 6.35. The Hall–Kier alpha value is -4.10. The number of halogens is 1. The molecule has 0 aliphatic carbocycles. The fraction of sp³-hybridized carbons (Fsp3) is 0.207. The second kappa shape index (κ2) is 10.1. The number of unbranched alkanes of at least 4 members (excludes halogenated alkanes) is 1. The van der Waals surface area contributed by atoms with Crippen molar-refractivity contribution < 1.29 is 23.5 Å². The number of nitrogens with zero attached hydrogens (tertiary/aromatic N) is 1. The number of hydrogen-bond acceptors (Lipinski definition) is 6. The number of fused-ring (bicyclic) bond motifs is 2. The fourth-order valence-electron chi connectivity index (χ4n) is 4.49. The minimum Gasteiger partial charge on any atom is -0.497 e. The monoisotopic (exact) mass is 517 g/mol. The zero-order chi connectivity index (χ0) is 26.1. The molecule has 5 rings (SSSR count). The van der Waals surface area contributed by atoms with Crippen LogP contribution in [-0.4, -0.2) is 25.6 Å². The number of amides is 1. The first-order chi connectivity index (χ1) is 17.9. The van der Waals surface area contributed by atoms with Crippen LogP contribution in [0.3, 0.4) is 0 Å². The zero-order valence-corrected chi connectivity index (χ0v) is 21.1. The highest BCUT2D eigenvalue weighted by Gasteiger charge is 2.43. The predicted octanol–water partition coefficient (Wildman–Crippen LogP) is 6.16. The summed E-state index contributed by atoms with van der Waals surface area (Å²) in [5.74, 6) is -0.345. The van der Waals surface area contributed by atoms with Crippen LogP contribution in [0.2, 0.25) is 5.02 Å². The number of carbonyl (C=O) groups is 2. The quantitative estimate of drug-likeness (QED) is 0.215. The van der Waals surface area contributed by atoms with Gasteiger partial charge in [-0.1, -0.05) is 37.1 Å². The number of rotatable bonds is 7. The van der Waals surface area contributed by atoms with Gasteiger partial charge in [-0.3, -0.25) is 14.5 Å².